The average Bonchev–Trinajstić information content (AvgIpc) is 2.56. The van der Waals surface area contributed by atoms with Gasteiger partial charge in [-0.1, -0.05) is 25.1 Å². The van der Waals surface area contributed by atoms with E-state index in [1.54, 1.807) is 30.3 Å². The highest BCUT2D eigenvalue weighted by Crippen LogP contribution is 2.43. The molecule has 0 spiro atoms. The van der Waals surface area contributed by atoms with E-state index in [9.17, 15) is 13.2 Å². The predicted octanol–water partition coefficient (Wildman–Crippen LogP) is 3.68. The molecule has 1 heterocycles. The SMILES string of the molecule is CCC(COC(C)=O)c1ccc2c(c1)S(=O)(=O)c1ccccc1O2. The monoisotopic (exact) mass is 346 g/mol. The smallest absolute Gasteiger partial charge is 0.302 e. The first-order valence-electron chi connectivity index (χ1n) is 7.72. The number of fused-ring (bicyclic) bond motifs is 2. The van der Waals surface area contributed by atoms with Crippen molar-refractivity contribution in [1.82, 2.24) is 0 Å². The van der Waals surface area contributed by atoms with Gasteiger partial charge in [-0.2, -0.15) is 0 Å². The van der Waals surface area contributed by atoms with Gasteiger partial charge in [-0.05, 0) is 36.2 Å². The van der Waals surface area contributed by atoms with Crippen LogP contribution in [-0.2, 0) is 19.4 Å². The summed E-state index contributed by atoms with van der Waals surface area (Å²) in [4.78, 5) is 11.4. The number of carbonyl (C=O) groups excluding carboxylic acids is 1. The number of sulfone groups is 1. The van der Waals surface area contributed by atoms with E-state index in [1.165, 1.54) is 13.0 Å². The highest BCUT2D eigenvalue weighted by molar-refractivity contribution is 7.91. The van der Waals surface area contributed by atoms with Crippen molar-refractivity contribution < 1.29 is 22.7 Å². The van der Waals surface area contributed by atoms with Crippen LogP contribution < -0.4 is 4.74 Å². The Labute approximate surface area is 141 Å². The largest absolute Gasteiger partial charge is 0.465 e. The maximum atomic E-state index is 12.9. The summed E-state index contributed by atoms with van der Waals surface area (Å²) in [6, 6.07) is 11.7. The summed E-state index contributed by atoms with van der Waals surface area (Å²) in [6.45, 7) is 3.55. The van der Waals surface area contributed by atoms with Gasteiger partial charge in [0.25, 0.3) is 0 Å². The molecule has 0 aliphatic carbocycles. The van der Waals surface area contributed by atoms with Crippen molar-refractivity contribution in [2.45, 2.75) is 36.0 Å². The molecular weight excluding hydrogens is 328 g/mol. The van der Waals surface area contributed by atoms with Crippen molar-refractivity contribution in [3.05, 3.63) is 48.0 Å². The van der Waals surface area contributed by atoms with Crippen molar-refractivity contribution in [2.75, 3.05) is 6.61 Å². The summed E-state index contributed by atoms with van der Waals surface area (Å²) in [5, 5.41) is 0. The first-order chi connectivity index (χ1) is 11.4. The molecule has 0 radical (unpaired) electrons. The second kappa shape index (κ2) is 6.28. The Morgan fingerprint density at radius 1 is 1.12 bits per heavy atom. The van der Waals surface area contributed by atoms with Gasteiger partial charge < -0.3 is 9.47 Å². The van der Waals surface area contributed by atoms with Crippen molar-refractivity contribution in [1.29, 1.82) is 0 Å². The van der Waals surface area contributed by atoms with E-state index >= 15 is 0 Å². The lowest BCUT2D eigenvalue weighted by atomic mass is 9.97. The van der Waals surface area contributed by atoms with E-state index < -0.39 is 9.84 Å². The number of para-hydroxylation sites is 1. The normalized spacial score (nSPS) is 15.6. The summed E-state index contributed by atoms with van der Waals surface area (Å²) in [7, 11) is -3.63. The van der Waals surface area contributed by atoms with Crippen LogP contribution in [0.1, 0.15) is 31.7 Å². The molecular formula is C18H18O5S. The lowest BCUT2D eigenvalue weighted by Gasteiger charge is -2.22. The van der Waals surface area contributed by atoms with Crippen LogP contribution >= 0.6 is 0 Å². The molecule has 3 rings (SSSR count). The maximum absolute atomic E-state index is 12.9. The van der Waals surface area contributed by atoms with E-state index in [0.29, 0.717) is 11.5 Å². The van der Waals surface area contributed by atoms with Gasteiger partial charge in [-0.15, -0.1) is 0 Å². The van der Waals surface area contributed by atoms with E-state index in [0.717, 1.165) is 12.0 Å². The number of rotatable bonds is 4. The van der Waals surface area contributed by atoms with Crippen LogP contribution in [0, 0.1) is 0 Å². The highest BCUT2D eigenvalue weighted by Gasteiger charge is 2.31. The summed E-state index contributed by atoms with van der Waals surface area (Å²) in [5.41, 5.74) is 0.809. The fourth-order valence-corrected chi connectivity index (χ4v) is 4.27. The molecule has 126 valence electrons. The lowest BCUT2D eigenvalue weighted by molar-refractivity contribution is -0.141. The van der Waals surface area contributed by atoms with Gasteiger partial charge in [0.05, 0.1) is 6.61 Å². The molecule has 6 heteroatoms. The minimum Gasteiger partial charge on any atom is -0.465 e. The molecule has 2 aromatic rings. The Hall–Kier alpha value is -2.34. The molecule has 1 aliphatic rings. The third kappa shape index (κ3) is 2.89. The molecule has 24 heavy (non-hydrogen) atoms. The zero-order valence-corrected chi connectivity index (χ0v) is 14.3. The van der Waals surface area contributed by atoms with Crippen molar-refractivity contribution >= 4 is 15.8 Å². The minimum absolute atomic E-state index is 0.0634. The van der Waals surface area contributed by atoms with Crippen LogP contribution in [0.5, 0.6) is 11.5 Å². The zero-order valence-electron chi connectivity index (χ0n) is 13.5. The van der Waals surface area contributed by atoms with Crippen LogP contribution in [-0.4, -0.2) is 21.0 Å². The number of carbonyl (C=O) groups is 1. The number of benzene rings is 2. The number of hydrogen-bond donors (Lipinski definition) is 0. The van der Waals surface area contributed by atoms with Crippen LogP contribution in [0.4, 0.5) is 0 Å². The van der Waals surface area contributed by atoms with Crippen LogP contribution in [0.25, 0.3) is 0 Å². The van der Waals surface area contributed by atoms with Crippen molar-refractivity contribution in [3.8, 4) is 11.5 Å². The fourth-order valence-electron chi connectivity index (χ4n) is 2.73. The quantitative estimate of drug-likeness (QED) is 0.674. The Morgan fingerprint density at radius 3 is 2.54 bits per heavy atom. The maximum Gasteiger partial charge on any atom is 0.302 e. The highest BCUT2D eigenvalue weighted by atomic mass is 32.2. The van der Waals surface area contributed by atoms with E-state index in [4.69, 9.17) is 9.47 Å². The number of hydrogen-bond acceptors (Lipinski definition) is 5. The van der Waals surface area contributed by atoms with Crippen LogP contribution in [0.2, 0.25) is 0 Å². The fraction of sp³-hybridized carbons (Fsp3) is 0.278. The molecule has 2 aromatic carbocycles. The lowest BCUT2D eigenvalue weighted by Crippen LogP contribution is -2.14. The topological polar surface area (TPSA) is 69.7 Å². The number of esters is 1. The molecule has 0 saturated heterocycles. The van der Waals surface area contributed by atoms with Crippen LogP contribution in [0.3, 0.4) is 0 Å². The first-order valence-corrected chi connectivity index (χ1v) is 9.21. The van der Waals surface area contributed by atoms with Gasteiger partial charge in [-0.25, -0.2) is 8.42 Å². The molecule has 5 nitrogen and oxygen atoms in total. The molecule has 0 saturated carbocycles. The Kier molecular flexibility index (Phi) is 4.32. The third-order valence-corrected chi connectivity index (χ3v) is 5.88. The summed E-state index contributed by atoms with van der Waals surface area (Å²) >= 11 is 0. The molecule has 0 aromatic heterocycles. The number of ether oxygens (including phenoxy) is 2. The second-order valence-electron chi connectivity index (χ2n) is 5.67. The summed E-state index contributed by atoms with van der Waals surface area (Å²) in [6.07, 6.45) is 0.726. The third-order valence-electron chi connectivity index (χ3n) is 4.07. The van der Waals surface area contributed by atoms with E-state index in [-0.39, 0.29) is 28.3 Å². The molecule has 0 N–H and O–H groups in total. The predicted molar refractivity (Wildman–Crippen MR) is 88.1 cm³/mol. The molecule has 0 fully saturated rings. The Balaban J connectivity index is 2.02. The Bertz CT molecular complexity index is 886. The first kappa shape index (κ1) is 16.5. The zero-order chi connectivity index (χ0) is 17.3. The second-order valence-corrected chi connectivity index (χ2v) is 7.55. The minimum atomic E-state index is -3.63. The summed E-state index contributed by atoms with van der Waals surface area (Å²) in [5.74, 6) is 0.243. The molecule has 0 amide bonds. The van der Waals surface area contributed by atoms with Gasteiger partial charge in [0.2, 0.25) is 9.84 Å². The van der Waals surface area contributed by atoms with E-state index in [2.05, 4.69) is 0 Å². The van der Waals surface area contributed by atoms with Crippen molar-refractivity contribution in [3.63, 3.8) is 0 Å². The van der Waals surface area contributed by atoms with Gasteiger partial charge in [0.15, 0.2) is 0 Å². The molecule has 1 atom stereocenters. The molecule has 1 unspecified atom stereocenters. The van der Waals surface area contributed by atoms with Gasteiger partial charge >= 0.3 is 5.97 Å². The van der Waals surface area contributed by atoms with Crippen molar-refractivity contribution in [2.24, 2.45) is 0 Å². The standard InChI is InChI=1S/C18H18O5S/c1-3-13(11-22-12(2)19)14-8-9-16-18(10-14)24(20,21)17-7-5-4-6-15(17)23-16/h4-10,13H,3,11H2,1-2H3. The Morgan fingerprint density at radius 2 is 1.83 bits per heavy atom. The summed E-state index contributed by atoms with van der Waals surface area (Å²) < 4.78 is 36.5. The van der Waals surface area contributed by atoms with Gasteiger partial charge in [0.1, 0.15) is 21.3 Å². The average molecular weight is 346 g/mol. The van der Waals surface area contributed by atoms with Gasteiger partial charge in [0, 0.05) is 12.8 Å². The molecule has 1 aliphatic heterocycles. The van der Waals surface area contributed by atoms with Crippen LogP contribution in [0.15, 0.2) is 52.3 Å². The van der Waals surface area contributed by atoms with E-state index in [1.807, 2.05) is 13.0 Å². The molecule has 0 bridgehead atoms. The van der Waals surface area contributed by atoms with Gasteiger partial charge in [-0.3, -0.25) is 4.79 Å².